The average molecular weight is 334 g/mol. The lowest BCUT2D eigenvalue weighted by atomic mass is 9.67. The molecule has 1 aromatic carbocycles. The third kappa shape index (κ3) is 2.12. The van der Waals surface area contributed by atoms with Crippen molar-refractivity contribution in [3.05, 3.63) is 34.4 Å². The van der Waals surface area contributed by atoms with Crippen molar-refractivity contribution in [2.75, 3.05) is 0 Å². The molecule has 0 bridgehead atoms. The molecule has 1 saturated carbocycles. The molecule has 0 radical (unpaired) electrons. The van der Waals surface area contributed by atoms with Crippen molar-refractivity contribution in [1.82, 2.24) is 4.98 Å². The highest BCUT2D eigenvalue weighted by Crippen LogP contribution is 2.43. The van der Waals surface area contributed by atoms with Gasteiger partial charge in [0.15, 0.2) is 0 Å². The third-order valence-electron chi connectivity index (χ3n) is 4.77. The van der Waals surface area contributed by atoms with Crippen LogP contribution in [0, 0.1) is 5.92 Å². The molecule has 1 aliphatic rings. The molecule has 106 valence electrons. The summed E-state index contributed by atoms with van der Waals surface area (Å²) in [7, 11) is 0. The Hall–Kier alpha value is -1.09. The van der Waals surface area contributed by atoms with Crippen molar-refractivity contribution in [1.29, 1.82) is 0 Å². The van der Waals surface area contributed by atoms with Gasteiger partial charge in [-0.15, -0.1) is 0 Å². The van der Waals surface area contributed by atoms with Crippen LogP contribution in [0.1, 0.15) is 45.1 Å². The van der Waals surface area contributed by atoms with E-state index in [1.807, 2.05) is 6.07 Å². The maximum Gasteiger partial charge on any atom is 0.136 e. The fourth-order valence-corrected chi connectivity index (χ4v) is 4.16. The average Bonchev–Trinajstić information content (AvgIpc) is 2.85. The SMILES string of the molecule is CC(C)(c1c[nH]c2cccc(Br)c12)C1CCCCC1=O. The number of hydrogen-bond donors (Lipinski definition) is 1. The summed E-state index contributed by atoms with van der Waals surface area (Å²) in [6.07, 6.45) is 6.07. The molecule has 1 atom stereocenters. The summed E-state index contributed by atoms with van der Waals surface area (Å²) in [5, 5.41) is 1.22. The molecule has 1 N–H and O–H groups in total. The van der Waals surface area contributed by atoms with Gasteiger partial charge in [-0.1, -0.05) is 42.3 Å². The summed E-state index contributed by atoms with van der Waals surface area (Å²) in [5.41, 5.74) is 2.26. The molecule has 0 amide bonds. The Labute approximate surface area is 128 Å². The zero-order valence-corrected chi connectivity index (χ0v) is 13.6. The van der Waals surface area contributed by atoms with Crippen LogP contribution in [-0.2, 0) is 10.2 Å². The van der Waals surface area contributed by atoms with Crippen LogP contribution >= 0.6 is 15.9 Å². The predicted octanol–water partition coefficient (Wildman–Crippen LogP) is 4.97. The molecule has 2 aromatic rings. The fraction of sp³-hybridized carbons (Fsp3) is 0.471. The minimum atomic E-state index is -0.125. The van der Waals surface area contributed by atoms with Crippen molar-refractivity contribution >= 4 is 32.6 Å². The summed E-state index contributed by atoms with van der Waals surface area (Å²) < 4.78 is 1.10. The maximum atomic E-state index is 12.3. The molecule has 2 nitrogen and oxygen atoms in total. The fourth-order valence-electron chi connectivity index (χ4n) is 3.58. The summed E-state index contributed by atoms with van der Waals surface area (Å²) in [5.74, 6) is 0.574. The predicted molar refractivity (Wildman–Crippen MR) is 86.0 cm³/mol. The number of nitrogens with one attached hydrogen (secondary N) is 1. The van der Waals surface area contributed by atoms with Crippen LogP contribution in [0.3, 0.4) is 0 Å². The molecule has 1 unspecified atom stereocenters. The number of ketones is 1. The van der Waals surface area contributed by atoms with Crippen molar-refractivity contribution in [2.24, 2.45) is 5.92 Å². The Balaban J connectivity index is 2.11. The number of aromatic nitrogens is 1. The van der Waals surface area contributed by atoms with E-state index in [1.165, 1.54) is 17.4 Å². The summed E-state index contributed by atoms with van der Waals surface area (Å²) in [6.45, 7) is 4.42. The lowest BCUT2D eigenvalue weighted by Gasteiger charge is -2.36. The second-order valence-corrected chi connectivity index (χ2v) is 7.21. The Morgan fingerprint density at radius 3 is 2.85 bits per heavy atom. The monoisotopic (exact) mass is 333 g/mol. The quantitative estimate of drug-likeness (QED) is 0.827. The van der Waals surface area contributed by atoms with E-state index in [-0.39, 0.29) is 11.3 Å². The lowest BCUT2D eigenvalue weighted by molar-refractivity contribution is -0.126. The molecule has 0 aliphatic heterocycles. The van der Waals surface area contributed by atoms with Gasteiger partial charge in [0.25, 0.3) is 0 Å². The number of fused-ring (bicyclic) bond motifs is 1. The Bertz CT molecular complexity index is 656. The first-order valence-corrected chi connectivity index (χ1v) is 8.10. The van der Waals surface area contributed by atoms with Crippen LogP contribution in [-0.4, -0.2) is 10.8 Å². The zero-order valence-electron chi connectivity index (χ0n) is 12.0. The smallest absolute Gasteiger partial charge is 0.136 e. The number of carbonyl (C=O) groups excluding carboxylic acids is 1. The molecule has 0 spiro atoms. The number of H-pyrrole nitrogens is 1. The van der Waals surface area contributed by atoms with Crippen LogP contribution in [0.25, 0.3) is 10.9 Å². The second-order valence-electron chi connectivity index (χ2n) is 6.35. The first kappa shape index (κ1) is 13.9. The van der Waals surface area contributed by atoms with Crippen LogP contribution in [0.2, 0.25) is 0 Å². The van der Waals surface area contributed by atoms with E-state index < -0.39 is 0 Å². The molecule has 1 aliphatic carbocycles. The van der Waals surface area contributed by atoms with Crippen molar-refractivity contribution in [3.8, 4) is 0 Å². The second kappa shape index (κ2) is 5.03. The van der Waals surface area contributed by atoms with E-state index in [0.717, 1.165) is 29.3 Å². The standard InChI is InChI=1S/C17H20BrNO/c1-17(2,11-6-3-4-9-15(11)20)12-10-19-14-8-5-7-13(18)16(12)14/h5,7-8,10-11,19H,3-4,6,9H2,1-2H3. The van der Waals surface area contributed by atoms with E-state index in [0.29, 0.717) is 5.78 Å². The van der Waals surface area contributed by atoms with Gasteiger partial charge >= 0.3 is 0 Å². The van der Waals surface area contributed by atoms with E-state index in [4.69, 9.17) is 0 Å². The molecule has 3 rings (SSSR count). The van der Waals surface area contributed by atoms with E-state index >= 15 is 0 Å². The van der Waals surface area contributed by atoms with Crippen molar-refractivity contribution < 1.29 is 4.79 Å². The molecule has 3 heteroatoms. The Morgan fingerprint density at radius 1 is 1.30 bits per heavy atom. The molecule has 1 fully saturated rings. The minimum absolute atomic E-state index is 0.125. The van der Waals surface area contributed by atoms with Gasteiger partial charge in [-0.25, -0.2) is 0 Å². The van der Waals surface area contributed by atoms with Crippen LogP contribution < -0.4 is 0 Å². The highest BCUT2D eigenvalue weighted by atomic mass is 79.9. The first-order valence-electron chi connectivity index (χ1n) is 7.30. The van der Waals surface area contributed by atoms with Crippen molar-refractivity contribution in [2.45, 2.75) is 44.9 Å². The normalized spacial score (nSPS) is 20.6. The van der Waals surface area contributed by atoms with Crippen LogP contribution in [0.5, 0.6) is 0 Å². The molecular weight excluding hydrogens is 314 g/mol. The van der Waals surface area contributed by atoms with Gasteiger partial charge in [0.1, 0.15) is 5.78 Å². The highest BCUT2D eigenvalue weighted by Gasteiger charge is 2.39. The topological polar surface area (TPSA) is 32.9 Å². The molecule has 0 saturated heterocycles. The molecule has 20 heavy (non-hydrogen) atoms. The lowest BCUT2D eigenvalue weighted by Crippen LogP contribution is -2.36. The van der Waals surface area contributed by atoms with Gasteiger partial charge in [0, 0.05) is 39.3 Å². The van der Waals surface area contributed by atoms with Gasteiger partial charge in [-0.05, 0) is 30.5 Å². The highest BCUT2D eigenvalue weighted by molar-refractivity contribution is 9.10. The third-order valence-corrected chi connectivity index (χ3v) is 5.44. The van der Waals surface area contributed by atoms with Crippen LogP contribution in [0.4, 0.5) is 0 Å². The van der Waals surface area contributed by atoms with Crippen LogP contribution in [0.15, 0.2) is 28.9 Å². The van der Waals surface area contributed by atoms with Crippen molar-refractivity contribution in [3.63, 3.8) is 0 Å². The largest absolute Gasteiger partial charge is 0.361 e. The van der Waals surface area contributed by atoms with Gasteiger partial charge in [-0.3, -0.25) is 4.79 Å². The molecule has 1 heterocycles. The van der Waals surface area contributed by atoms with Gasteiger partial charge in [0.05, 0.1) is 0 Å². The van der Waals surface area contributed by atoms with E-state index in [1.54, 1.807) is 0 Å². The number of halogens is 1. The van der Waals surface area contributed by atoms with E-state index in [2.05, 4.69) is 53.1 Å². The summed E-state index contributed by atoms with van der Waals surface area (Å²) in [4.78, 5) is 15.7. The van der Waals surface area contributed by atoms with E-state index in [9.17, 15) is 4.79 Å². The van der Waals surface area contributed by atoms with Gasteiger partial charge < -0.3 is 4.98 Å². The number of carbonyl (C=O) groups is 1. The van der Waals surface area contributed by atoms with Gasteiger partial charge in [0.2, 0.25) is 0 Å². The number of rotatable bonds is 2. The van der Waals surface area contributed by atoms with Gasteiger partial charge in [-0.2, -0.15) is 0 Å². The number of aromatic amines is 1. The Kier molecular flexibility index (Phi) is 3.49. The minimum Gasteiger partial charge on any atom is -0.361 e. The summed E-state index contributed by atoms with van der Waals surface area (Å²) >= 11 is 3.65. The first-order chi connectivity index (χ1) is 9.51. The number of benzene rings is 1. The zero-order chi connectivity index (χ0) is 14.3. The number of Topliss-reactive ketones (excluding diaryl/α,β-unsaturated/α-hetero) is 1. The molecular formula is C17H20BrNO. The summed E-state index contributed by atoms with van der Waals surface area (Å²) in [6, 6.07) is 6.19. The Morgan fingerprint density at radius 2 is 2.10 bits per heavy atom. The number of hydrogen-bond acceptors (Lipinski definition) is 1. The maximum absolute atomic E-state index is 12.3. The molecule has 1 aromatic heterocycles.